The van der Waals surface area contributed by atoms with Gasteiger partial charge in [-0.25, -0.2) is 0 Å². The van der Waals surface area contributed by atoms with E-state index in [0.717, 1.165) is 5.69 Å². The fraction of sp³-hybridized carbons (Fsp3) is 0.500. The average molecular weight is 293 g/mol. The van der Waals surface area contributed by atoms with E-state index in [9.17, 15) is 9.59 Å². The Morgan fingerprint density at radius 2 is 1.86 bits per heavy atom. The largest absolute Gasteiger partial charge is 0.497 e. The second-order valence-electron chi connectivity index (χ2n) is 5.74. The molecule has 0 saturated carbocycles. The molecule has 0 aromatic heterocycles. The highest BCUT2D eigenvalue weighted by Gasteiger charge is 2.18. The summed E-state index contributed by atoms with van der Waals surface area (Å²) in [5, 5.41) is 0. The van der Waals surface area contributed by atoms with E-state index in [1.54, 1.807) is 41.0 Å². The summed E-state index contributed by atoms with van der Waals surface area (Å²) in [6, 6.07) is 7.20. The highest BCUT2D eigenvalue weighted by atomic mass is 16.6. The molecule has 0 unspecified atom stereocenters. The van der Waals surface area contributed by atoms with Crippen molar-refractivity contribution in [2.45, 2.75) is 39.2 Å². The van der Waals surface area contributed by atoms with E-state index in [2.05, 4.69) is 0 Å². The molecule has 5 heteroatoms. The smallest absolute Gasteiger partial charge is 0.306 e. The Hall–Kier alpha value is -2.04. The van der Waals surface area contributed by atoms with E-state index in [-0.39, 0.29) is 24.7 Å². The van der Waals surface area contributed by atoms with Crippen LogP contribution in [0.4, 0.5) is 5.69 Å². The quantitative estimate of drug-likeness (QED) is 0.783. The number of methoxy groups -OCH3 is 1. The lowest BCUT2D eigenvalue weighted by atomic mass is 10.2. The van der Waals surface area contributed by atoms with Crippen molar-refractivity contribution >= 4 is 17.6 Å². The van der Waals surface area contributed by atoms with E-state index in [0.29, 0.717) is 5.75 Å². The van der Waals surface area contributed by atoms with Gasteiger partial charge in [0.15, 0.2) is 0 Å². The van der Waals surface area contributed by atoms with Gasteiger partial charge in [0.2, 0.25) is 5.91 Å². The van der Waals surface area contributed by atoms with Crippen molar-refractivity contribution in [3.05, 3.63) is 24.3 Å². The van der Waals surface area contributed by atoms with E-state index < -0.39 is 5.60 Å². The topological polar surface area (TPSA) is 55.8 Å². The van der Waals surface area contributed by atoms with Gasteiger partial charge < -0.3 is 14.4 Å². The summed E-state index contributed by atoms with van der Waals surface area (Å²) in [6.45, 7) is 5.40. The molecule has 0 saturated heterocycles. The minimum atomic E-state index is -0.529. The van der Waals surface area contributed by atoms with E-state index in [4.69, 9.17) is 9.47 Å². The van der Waals surface area contributed by atoms with Crippen molar-refractivity contribution in [3.63, 3.8) is 0 Å². The van der Waals surface area contributed by atoms with Gasteiger partial charge in [0.05, 0.1) is 13.5 Å². The van der Waals surface area contributed by atoms with Crippen LogP contribution in [0.25, 0.3) is 0 Å². The van der Waals surface area contributed by atoms with Crippen LogP contribution in [0.2, 0.25) is 0 Å². The Morgan fingerprint density at radius 1 is 1.19 bits per heavy atom. The molecular formula is C16H23NO4. The Morgan fingerprint density at radius 3 is 2.43 bits per heavy atom. The Bertz CT molecular complexity index is 505. The lowest BCUT2D eigenvalue weighted by Gasteiger charge is -2.20. The van der Waals surface area contributed by atoms with Crippen LogP contribution in [0.15, 0.2) is 24.3 Å². The number of carbonyl (C=O) groups is 2. The minimum absolute atomic E-state index is 0.0738. The van der Waals surface area contributed by atoms with E-state index >= 15 is 0 Å². The third-order valence-electron chi connectivity index (χ3n) is 2.78. The Balaban J connectivity index is 2.57. The van der Waals surface area contributed by atoms with Crippen LogP contribution in [-0.2, 0) is 14.3 Å². The molecule has 0 fully saturated rings. The van der Waals surface area contributed by atoms with Crippen molar-refractivity contribution in [2.24, 2.45) is 0 Å². The maximum Gasteiger partial charge on any atom is 0.306 e. The predicted octanol–water partition coefficient (Wildman–Crippen LogP) is 2.78. The van der Waals surface area contributed by atoms with Crippen LogP contribution in [0.3, 0.4) is 0 Å². The van der Waals surface area contributed by atoms with Gasteiger partial charge in [-0.2, -0.15) is 0 Å². The number of benzene rings is 1. The summed E-state index contributed by atoms with van der Waals surface area (Å²) in [7, 11) is 3.25. The number of amides is 1. The fourth-order valence-electron chi connectivity index (χ4n) is 1.73. The molecule has 0 heterocycles. The Kier molecular flexibility index (Phi) is 5.76. The molecule has 1 rings (SSSR count). The monoisotopic (exact) mass is 293 g/mol. The second-order valence-corrected chi connectivity index (χ2v) is 5.74. The fourth-order valence-corrected chi connectivity index (χ4v) is 1.73. The molecule has 0 atom stereocenters. The van der Waals surface area contributed by atoms with E-state index in [1.165, 1.54) is 4.90 Å². The molecule has 0 aliphatic carbocycles. The molecule has 1 aromatic carbocycles. The molecule has 0 aliphatic heterocycles. The first-order valence-corrected chi connectivity index (χ1v) is 6.85. The number of ether oxygens (including phenoxy) is 2. The molecule has 0 bridgehead atoms. The van der Waals surface area contributed by atoms with Crippen molar-refractivity contribution in [2.75, 3.05) is 19.1 Å². The summed E-state index contributed by atoms with van der Waals surface area (Å²) in [6.07, 6.45) is 0.188. The van der Waals surface area contributed by atoms with Crippen molar-refractivity contribution in [1.82, 2.24) is 0 Å². The first kappa shape index (κ1) is 17.0. The average Bonchev–Trinajstić information content (AvgIpc) is 2.42. The third kappa shape index (κ3) is 5.85. The highest BCUT2D eigenvalue weighted by molar-refractivity contribution is 5.94. The highest BCUT2D eigenvalue weighted by Crippen LogP contribution is 2.20. The lowest BCUT2D eigenvalue weighted by Crippen LogP contribution is -2.28. The molecule has 5 nitrogen and oxygen atoms in total. The maximum atomic E-state index is 12.1. The second kappa shape index (κ2) is 7.11. The standard InChI is InChI=1S/C16H23NO4/c1-16(2,3)21-15(19)10-9-14(18)17(4)12-7-6-8-13(11-12)20-5/h6-8,11H,9-10H2,1-5H3. The van der Waals surface area contributed by atoms with Gasteiger partial charge in [0.25, 0.3) is 0 Å². The molecular weight excluding hydrogens is 270 g/mol. The first-order valence-electron chi connectivity index (χ1n) is 6.85. The molecule has 0 radical (unpaired) electrons. The van der Waals surface area contributed by atoms with Crippen LogP contribution >= 0.6 is 0 Å². The van der Waals surface area contributed by atoms with Gasteiger partial charge in [0.1, 0.15) is 11.4 Å². The predicted molar refractivity (Wildman–Crippen MR) is 81.5 cm³/mol. The summed E-state index contributed by atoms with van der Waals surface area (Å²) < 4.78 is 10.3. The molecule has 116 valence electrons. The zero-order valence-corrected chi connectivity index (χ0v) is 13.3. The molecule has 21 heavy (non-hydrogen) atoms. The van der Waals surface area contributed by atoms with Gasteiger partial charge in [-0.3, -0.25) is 9.59 Å². The van der Waals surface area contributed by atoms with Gasteiger partial charge in [-0.1, -0.05) is 6.07 Å². The normalized spacial score (nSPS) is 10.9. The molecule has 0 N–H and O–H groups in total. The number of hydrogen-bond donors (Lipinski definition) is 0. The minimum Gasteiger partial charge on any atom is -0.497 e. The number of esters is 1. The van der Waals surface area contributed by atoms with Crippen molar-refractivity contribution in [1.29, 1.82) is 0 Å². The third-order valence-corrected chi connectivity index (χ3v) is 2.78. The lowest BCUT2D eigenvalue weighted by molar-refractivity contribution is -0.155. The zero-order valence-electron chi connectivity index (χ0n) is 13.3. The first-order chi connectivity index (χ1) is 9.73. The number of anilines is 1. The van der Waals surface area contributed by atoms with E-state index in [1.807, 2.05) is 18.2 Å². The van der Waals surface area contributed by atoms with Crippen molar-refractivity contribution < 1.29 is 19.1 Å². The summed E-state index contributed by atoms with van der Waals surface area (Å²) in [5.74, 6) is 0.170. The number of nitrogens with zero attached hydrogens (tertiary/aromatic N) is 1. The molecule has 0 aliphatic rings. The zero-order chi connectivity index (χ0) is 16.0. The maximum absolute atomic E-state index is 12.1. The summed E-state index contributed by atoms with van der Waals surface area (Å²) in [4.78, 5) is 25.2. The summed E-state index contributed by atoms with van der Waals surface area (Å²) >= 11 is 0. The SMILES string of the molecule is COc1cccc(N(C)C(=O)CCC(=O)OC(C)(C)C)c1. The van der Waals surface area contributed by atoms with Crippen LogP contribution in [0.1, 0.15) is 33.6 Å². The molecule has 1 aromatic rings. The number of rotatable bonds is 5. The van der Waals surface area contributed by atoms with Gasteiger partial charge in [-0.15, -0.1) is 0 Å². The molecule has 1 amide bonds. The van der Waals surface area contributed by atoms with Crippen LogP contribution in [0.5, 0.6) is 5.75 Å². The van der Waals surface area contributed by atoms with Crippen LogP contribution in [0, 0.1) is 0 Å². The number of hydrogen-bond acceptors (Lipinski definition) is 4. The number of carbonyl (C=O) groups excluding carboxylic acids is 2. The van der Waals surface area contributed by atoms with Gasteiger partial charge in [0, 0.05) is 25.2 Å². The van der Waals surface area contributed by atoms with Gasteiger partial charge in [-0.05, 0) is 32.9 Å². The molecule has 0 spiro atoms. The van der Waals surface area contributed by atoms with Crippen LogP contribution < -0.4 is 9.64 Å². The Labute approximate surface area is 125 Å². The summed E-state index contributed by atoms with van der Waals surface area (Å²) in [5.41, 5.74) is 0.197. The van der Waals surface area contributed by atoms with Crippen LogP contribution in [-0.4, -0.2) is 31.6 Å². The van der Waals surface area contributed by atoms with Gasteiger partial charge >= 0.3 is 5.97 Å². The van der Waals surface area contributed by atoms with Crippen molar-refractivity contribution in [3.8, 4) is 5.75 Å².